The monoisotopic (exact) mass is 235 g/mol. The van der Waals surface area contributed by atoms with E-state index in [0.717, 1.165) is 13.0 Å². The Labute approximate surface area is 82.3 Å². The van der Waals surface area contributed by atoms with E-state index in [1.807, 2.05) is 0 Å². The van der Waals surface area contributed by atoms with Crippen molar-refractivity contribution in [2.24, 2.45) is 11.8 Å². The lowest BCUT2D eigenvalue weighted by atomic mass is 9.94. The van der Waals surface area contributed by atoms with Crippen LogP contribution in [0.4, 0.5) is 0 Å². The maximum Gasteiger partial charge on any atom is 0.320 e. The van der Waals surface area contributed by atoms with E-state index in [4.69, 9.17) is 5.11 Å². The van der Waals surface area contributed by atoms with Crippen molar-refractivity contribution >= 4 is 23.0 Å². The van der Waals surface area contributed by atoms with Crippen molar-refractivity contribution in [3.63, 3.8) is 0 Å². The second-order valence-corrected chi connectivity index (χ2v) is 3.58. The lowest BCUT2D eigenvalue weighted by Gasteiger charge is -2.12. The summed E-state index contributed by atoms with van der Waals surface area (Å²) < 4.78 is 0. The highest BCUT2D eigenvalue weighted by Gasteiger charge is 2.42. The SMILES string of the molecule is Br.O=C(O)C1NCC2CCCC21. The highest BCUT2D eigenvalue weighted by Crippen LogP contribution is 2.37. The molecule has 0 aromatic heterocycles. The van der Waals surface area contributed by atoms with Crippen molar-refractivity contribution < 1.29 is 9.90 Å². The van der Waals surface area contributed by atoms with E-state index in [1.54, 1.807) is 0 Å². The molecule has 2 rings (SSSR count). The van der Waals surface area contributed by atoms with Gasteiger partial charge < -0.3 is 10.4 Å². The number of halogens is 1. The van der Waals surface area contributed by atoms with Crippen LogP contribution in [-0.4, -0.2) is 23.7 Å². The van der Waals surface area contributed by atoms with E-state index in [9.17, 15) is 4.79 Å². The number of rotatable bonds is 1. The van der Waals surface area contributed by atoms with Gasteiger partial charge in [0.15, 0.2) is 0 Å². The van der Waals surface area contributed by atoms with Crippen molar-refractivity contribution in [2.75, 3.05) is 6.54 Å². The van der Waals surface area contributed by atoms with Crippen LogP contribution in [0.2, 0.25) is 0 Å². The Bertz CT molecular complexity index is 186. The second kappa shape index (κ2) is 3.75. The van der Waals surface area contributed by atoms with Gasteiger partial charge in [-0.1, -0.05) is 6.42 Å². The molecule has 0 amide bonds. The molecular weight excluding hydrogens is 222 g/mol. The fourth-order valence-electron chi connectivity index (χ4n) is 2.46. The fourth-order valence-corrected chi connectivity index (χ4v) is 2.46. The van der Waals surface area contributed by atoms with Crippen LogP contribution in [0.1, 0.15) is 19.3 Å². The van der Waals surface area contributed by atoms with Crippen LogP contribution in [0.5, 0.6) is 0 Å². The summed E-state index contributed by atoms with van der Waals surface area (Å²) >= 11 is 0. The number of fused-ring (bicyclic) bond motifs is 1. The first-order chi connectivity index (χ1) is 5.29. The highest BCUT2D eigenvalue weighted by atomic mass is 79.9. The molecule has 0 bridgehead atoms. The molecule has 70 valence electrons. The maximum absolute atomic E-state index is 10.7. The van der Waals surface area contributed by atoms with Crippen molar-refractivity contribution in [1.29, 1.82) is 0 Å². The van der Waals surface area contributed by atoms with E-state index in [1.165, 1.54) is 12.8 Å². The van der Waals surface area contributed by atoms with Crippen molar-refractivity contribution in [3.05, 3.63) is 0 Å². The van der Waals surface area contributed by atoms with Gasteiger partial charge in [0.2, 0.25) is 0 Å². The van der Waals surface area contributed by atoms with Crippen LogP contribution < -0.4 is 5.32 Å². The lowest BCUT2D eigenvalue weighted by Crippen LogP contribution is -2.35. The van der Waals surface area contributed by atoms with E-state index in [0.29, 0.717) is 11.8 Å². The molecule has 0 spiro atoms. The van der Waals surface area contributed by atoms with Crippen LogP contribution in [0.3, 0.4) is 0 Å². The van der Waals surface area contributed by atoms with Gasteiger partial charge in [-0.15, -0.1) is 17.0 Å². The molecule has 3 nitrogen and oxygen atoms in total. The maximum atomic E-state index is 10.7. The minimum absolute atomic E-state index is 0. The third-order valence-electron chi connectivity index (χ3n) is 3.01. The smallest absolute Gasteiger partial charge is 0.320 e. The van der Waals surface area contributed by atoms with Gasteiger partial charge in [-0.05, 0) is 31.2 Å². The number of carboxylic acid groups (broad SMARTS) is 1. The quantitative estimate of drug-likeness (QED) is 0.715. The number of carbonyl (C=O) groups is 1. The average molecular weight is 236 g/mol. The molecule has 1 heterocycles. The Kier molecular flexibility index (Phi) is 3.12. The molecule has 1 saturated heterocycles. The third-order valence-corrected chi connectivity index (χ3v) is 3.01. The standard InChI is InChI=1S/C8H13NO2.BrH/c10-8(11)7-6-3-1-2-5(6)4-9-7;/h5-7,9H,1-4H2,(H,10,11);1H. The first kappa shape index (κ1) is 9.99. The summed E-state index contributed by atoms with van der Waals surface area (Å²) in [6.45, 7) is 0.918. The minimum Gasteiger partial charge on any atom is -0.480 e. The van der Waals surface area contributed by atoms with Crippen LogP contribution in [0.15, 0.2) is 0 Å². The van der Waals surface area contributed by atoms with Gasteiger partial charge in [-0.3, -0.25) is 4.79 Å². The molecule has 0 aromatic rings. The fraction of sp³-hybridized carbons (Fsp3) is 0.875. The first-order valence-electron chi connectivity index (χ1n) is 4.25. The molecule has 2 N–H and O–H groups in total. The molecule has 1 saturated carbocycles. The van der Waals surface area contributed by atoms with Crippen molar-refractivity contribution in [3.8, 4) is 0 Å². The first-order valence-corrected chi connectivity index (χ1v) is 4.25. The summed E-state index contributed by atoms with van der Waals surface area (Å²) in [5, 5.41) is 11.9. The van der Waals surface area contributed by atoms with Gasteiger partial charge in [0.05, 0.1) is 0 Å². The van der Waals surface area contributed by atoms with E-state index < -0.39 is 5.97 Å². The Hall–Kier alpha value is -0.0900. The predicted octanol–water partition coefficient (Wildman–Crippen LogP) is 1.04. The van der Waals surface area contributed by atoms with Crippen LogP contribution >= 0.6 is 17.0 Å². The van der Waals surface area contributed by atoms with E-state index in [2.05, 4.69) is 5.32 Å². The summed E-state index contributed by atoms with van der Waals surface area (Å²) in [4.78, 5) is 10.7. The normalized spacial score (nSPS) is 38.8. The van der Waals surface area contributed by atoms with Crippen LogP contribution in [0.25, 0.3) is 0 Å². The molecule has 3 unspecified atom stereocenters. The Morgan fingerprint density at radius 3 is 2.83 bits per heavy atom. The van der Waals surface area contributed by atoms with Crippen LogP contribution in [-0.2, 0) is 4.79 Å². The second-order valence-electron chi connectivity index (χ2n) is 3.58. The Morgan fingerprint density at radius 1 is 1.42 bits per heavy atom. The van der Waals surface area contributed by atoms with Gasteiger partial charge in [0, 0.05) is 0 Å². The summed E-state index contributed by atoms with van der Waals surface area (Å²) in [6, 6.07) is -0.248. The molecule has 4 heteroatoms. The summed E-state index contributed by atoms with van der Waals surface area (Å²) in [6.07, 6.45) is 3.55. The Morgan fingerprint density at radius 2 is 2.17 bits per heavy atom. The van der Waals surface area contributed by atoms with Crippen molar-refractivity contribution in [2.45, 2.75) is 25.3 Å². The molecule has 2 aliphatic rings. The highest BCUT2D eigenvalue weighted by molar-refractivity contribution is 8.93. The van der Waals surface area contributed by atoms with Gasteiger partial charge in [0.1, 0.15) is 6.04 Å². The minimum atomic E-state index is -0.667. The predicted molar refractivity (Wildman–Crippen MR) is 50.6 cm³/mol. The molecule has 0 aromatic carbocycles. The molecule has 12 heavy (non-hydrogen) atoms. The summed E-state index contributed by atoms with van der Waals surface area (Å²) in [5.41, 5.74) is 0. The molecule has 2 fully saturated rings. The summed E-state index contributed by atoms with van der Waals surface area (Å²) in [7, 11) is 0. The zero-order valence-corrected chi connectivity index (χ0v) is 8.54. The van der Waals surface area contributed by atoms with E-state index >= 15 is 0 Å². The average Bonchev–Trinajstić information content (AvgIpc) is 2.41. The van der Waals surface area contributed by atoms with Gasteiger partial charge in [-0.25, -0.2) is 0 Å². The van der Waals surface area contributed by atoms with E-state index in [-0.39, 0.29) is 23.0 Å². The zero-order valence-electron chi connectivity index (χ0n) is 6.82. The van der Waals surface area contributed by atoms with Gasteiger partial charge >= 0.3 is 5.97 Å². The topological polar surface area (TPSA) is 49.3 Å². The number of nitrogens with one attached hydrogen (secondary N) is 1. The van der Waals surface area contributed by atoms with Crippen LogP contribution in [0, 0.1) is 11.8 Å². The lowest BCUT2D eigenvalue weighted by molar-refractivity contribution is -0.140. The third kappa shape index (κ3) is 1.50. The van der Waals surface area contributed by atoms with Gasteiger partial charge in [-0.2, -0.15) is 0 Å². The number of hydrogen-bond acceptors (Lipinski definition) is 2. The molecule has 1 aliphatic carbocycles. The molecule has 3 atom stereocenters. The summed E-state index contributed by atoms with van der Waals surface area (Å²) in [5.74, 6) is 0.406. The zero-order chi connectivity index (χ0) is 7.84. The number of aliphatic carboxylic acids is 1. The molecule has 0 radical (unpaired) electrons. The molecule has 1 aliphatic heterocycles. The van der Waals surface area contributed by atoms with Crippen molar-refractivity contribution in [1.82, 2.24) is 5.32 Å². The number of hydrogen-bond donors (Lipinski definition) is 2. The van der Waals surface area contributed by atoms with Gasteiger partial charge in [0.25, 0.3) is 0 Å². The number of carboxylic acids is 1. The Balaban J connectivity index is 0.000000720. The molecular formula is C8H14BrNO2. The largest absolute Gasteiger partial charge is 0.480 e.